The summed E-state index contributed by atoms with van der Waals surface area (Å²) in [5.74, 6) is 0.632. The van der Waals surface area contributed by atoms with Crippen molar-refractivity contribution in [2.75, 3.05) is 19.0 Å². The summed E-state index contributed by atoms with van der Waals surface area (Å²) in [5.41, 5.74) is 3.39. The molecule has 144 valence electrons. The Morgan fingerprint density at radius 1 is 1.07 bits per heavy atom. The highest BCUT2D eigenvalue weighted by atomic mass is 35.5. The summed E-state index contributed by atoms with van der Waals surface area (Å²) < 4.78 is 5.24. The molecule has 0 radical (unpaired) electrons. The number of benzene rings is 2. The predicted octanol–water partition coefficient (Wildman–Crippen LogP) is 4.33. The molecule has 0 saturated carbocycles. The van der Waals surface area contributed by atoms with Crippen LogP contribution in [0.3, 0.4) is 0 Å². The van der Waals surface area contributed by atoms with Crippen LogP contribution in [0, 0.1) is 0 Å². The number of carbonyl (C=O) groups excluding carboxylic acids is 1. The van der Waals surface area contributed by atoms with Crippen LogP contribution in [0.4, 0.5) is 5.69 Å². The van der Waals surface area contributed by atoms with Gasteiger partial charge in [0.2, 0.25) is 0 Å². The molecule has 0 aliphatic rings. The lowest BCUT2D eigenvalue weighted by molar-refractivity contribution is 0.0946. The number of halogens is 1. The van der Waals surface area contributed by atoms with Crippen molar-refractivity contribution in [3.8, 4) is 5.75 Å². The molecule has 2 N–H and O–H groups in total. The second-order valence-electron chi connectivity index (χ2n) is 6.27. The number of aromatic nitrogens is 1. The molecule has 28 heavy (non-hydrogen) atoms. The zero-order valence-electron chi connectivity index (χ0n) is 15.6. The Kier molecular flexibility index (Phi) is 6.87. The highest BCUT2D eigenvalue weighted by molar-refractivity contribution is 6.30. The van der Waals surface area contributed by atoms with Crippen LogP contribution in [0.5, 0.6) is 5.75 Å². The first kappa shape index (κ1) is 19.7. The molecule has 6 heteroatoms. The van der Waals surface area contributed by atoms with Gasteiger partial charge < -0.3 is 15.4 Å². The molecule has 0 aliphatic heterocycles. The number of nitrogens with one attached hydrogen (secondary N) is 2. The van der Waals surface area contributed by atoms with E-state index in [0.717, 1.165) is 30.0 Å². The Morgan fingerprint density at radius 3 is 2.68 bits per heavy atom. The number of hydrogen-bond acceptors (Lipinski definition) is 4. The topological polar surface area (TPSA) is 63.2 Å². The molecule has 1 aromatic heterocycles. The predicted molar refractivity (Wildman–Crippen MR) is 112 cm³/mol. The molecule has 2 aromatic carbocycles. The van der Waals surface area contributed by atoms with Crippen LogP contribution >= 0.6 is 11.6 Å². The number of rotatable bonds is 8. The fourth-order valence-corrected chi connectivity index (χ4v) is 2.84. The quantitative estimate of drug-likeness (QED) is 0.596. The van der Waals surface area contributed by atoms with Crippen molar-refractivity contribution in [2.24, 2.45) is 0 Å². The largest absolute Gasteiger partial charge is 0.497 e. The summed E-state index contributed by atoms with van der Waals surface area (Å²) >= 11 is 5.87. The van der Waals surface area contributed by atoms with E-state index in [0.29, 0.717) is 17.3 Å². The van der Waals surface area contributed by atoms with E-state index >= 15 is 0 Å². The number of anilines is 1. The van der Waals surface area contributed by atoms with E-state index in [1.54, 1.807) is 31.5 Å². The van der Waals surface area contributed by atoms with Gasteiger partial charge in [-0.1, -0.05) is 35.9 Å². The van der Waals surface area contributed by atoms with Crippen molar-refractivity contribution >= 4 is 23.2 Å². The first-order valence-electron chi connectivity index (χ1n) is 8.99. The van der Waals surface area contributed by atoms with Gasteiger partial charge in [0, 0.05) is 30.0 Å². The lowest BCUT2D eigenvalue weighted by atomic mass is 10.1. The number of carbonyl (C=O) groups is 1. The van der Waals surface area contributed by atoms with Gasteiger partial charge in [0.15, 0.2) is 0 Å². The summed E-state index contributed by atoms with van der Waals surface area (Å²) in [5, 5.41) is 6.87. The maximum Gasteiger partial charge on any atom is 0.270 e. The van der Waals surface area contributed by atoms with Crippen molar-refractivity contribution in [3.63, 3.8) is 0 Å². The molecule has 3 aromatic rings. The Bertz CT molecular complexity index is 929. The number of hydrogen-bond donors (Lipinski definition) is 2. The fraction of sp³-hybridized carbons (Fsp3) is 0.182. The number of nitrogens with zero attached hydrogens (tertiary/aromatic N) is 1. The van der Waals surface area contributed by atoms with Gasteiger partial charge in [0.1, 0.15) is 11.4 Å². The summed E-state index contributed by atoms with van der Waals surface area (Å²) in [7, 11) is 1.66. The third-order valence-electron chi connectivity index (χ3n) is 4.24. The molecule has 0 aliphatic carbocycles. The van der Waals surface area contributed by atoms with Gasteiger partial charge in [0.25, 0.3) is 5.91 Å². The smallest absolute Gasteiger partial charge is 0.270 e. The molecule has 0 bridgehead atoms. The van der Waals surface area contributed by atoms with Crippen LogP contribution < -0.4 is 15.4 Å². The minimum Gasteiger partial charge on any atom is -0.497 e. The monoisotopic (exact) mass is 395 g/mol. The minimum atomic E-state index is -0.216. The summed E-state index contributed by atoms with van der Waals surface area (Å²) in [4.78, 5) is 16.5. The molecule has 0 unspecified atom stereocenters. The maximum atomic E-state index is 12.4. The number of methoxy groups -OCH3 is 1. The van der Waals surface area contributed by atoms with Crippen molar-refractivity contribution in [2.45, 2.75) is 13.0 Å². The molecule has 0 saturated heterocycles. The van der Waals surface area contributed by atoms with Gasteiger partial charge >= 0.3 is 0 Å². The second kappa shape index (κ2) is 9.76. The lowest BCUT2D eigenvalue weighted by Crippen LogP contribution is -2.23. The van der Waals surface area contributed by atoms with Crippen LogP contribution in [0.1, 0.15) is 21.6 Å². The Morgan fingerprint density at radius 2 is 1.89 bits per heavy atom. The molecule has 5 nitrogen and oxygen atoms in total. The zero-order valence-corrected chi connectivity index (χ0v) is 16.4. The Labute approximate surface area is 169 Å². The van der Waals surface area contributed by atoms with E-state index in [9.17, 15) is 4.79 Å². The van der Waals surface area contributed by atoms with E-state index in [2.05, 4.69) is 21.7 Å². The molecule has 0 fully saturated rings. The molecule has 0 spiro atoms. The van der Waals surface area contributed by atoms with E-state index < -0.39 is 0 Å². The van der Waals surface area contributed by atoms with Crippen LogP contribution in [0.15, 0.2) is 66.9 Å². The van der Waals surface area contributed by atoms with Crippen molar-refractivity contribution in [3.05, 3.63) is 88.7 Å². The van der Waals surface area contributed by atoms with Gasteiger partial charge in [-0.25, -0.2) is 0 Å². The summed E-state index contributed by atoms with van der Waals surface area (Å²) in [6.07, 6.45) is 2.47. The second-order valence-corrected chi connectivity index (χ2v) is 6.70. The highest BCUT2D eigenvalue weighted by Crippen LogP contribution is 2.14. The Hall–Kier alpha value is -3.05. The van der Waals surface area contributed by atoms with E-state index in [-0.39, 0.29) is 5.91 Å². The van der Waals surface area contributed by atoms with Crippen molar-refractivity contribution in [1.29, 1.82) is 0 Å². The third-order valence-corrected chi connectivity index (χ3v) is 4.49. The molecule has 1 amide bonds. The fourth-order valence-electron chi connectivity index (χ4n) is 2.72. The van der Waals surface area contributed by atoms with Crippen molar-refractivity contribution in [1.82, 2.24) is 10.3 Å². The number of amides is 1. The first-order valence-corrected chi connectivity index (χ1v) is 9.37. The normalized spacial score (nSPS) is 10.4. The van der Waals surface area contributed by atoms with Crippen LogP contribution in [0.2, 0.25) is 5.02 Å². The molecule has 3 rings (SSSR count). The average Bonchev–Trinajstić information content (AvgIpc) is 2.73. The van der Waals surface area contributed by atoms with Gasteiger partial charge in [-0.3, -0.25) is 9.78 Å². The third kappa shape index (κ3) is 5.72. The molecular formula is C22H22ClN3O2. The number of pyridine rings is 1. The van der Waals surface area contributed by atoms with Gasteiger partial charge in [-0.15, -0.1) is 0 Å². The standard InChI is InChI=1S/C22H22ClN3O2/c1-28-20-4-2-3-16(13-20)9-11-24-19-10-12-25-21(14-19)22(27)26-15-17-5-7-18(23)8-6-17/h2-8,10,12-14H,9,11,15H2,1H3,(H,24,25)(H,26,27). The van der Waals surface area contributed by atoms with Crippen molar-refractivity contribution < 1.29 is 9.53 Å². The van der Waals surface area contributed by atoms with Gasteiger partial charge in [0.05, 0.1) is 7.11 Å². The van der Waals surface area contributed by atoms with Crippen LogP contribution in [0.25, 0.3) is 0 Å². The lowest BCUT2D eigenvalue weighted by Gasteiger charge is -2.09. The molecule has 1 heterocycles. The van der Waals surface area contributed by atoms with Crippen LogP contribution in [-0.2, 0) is 13.0 Å². The molecule has 0 atom stereocenters. The number of ether oxygens (including phenoxy) is 1. The van der Waals surface area contributed by atoms with E-state index in [1.165, 1.54) is 5.56 Å². The van der Waals surface area contributed by atoms with Gasteiger partial charge in [-0.2, -0.15) is 0 Å². The van der Waals surface area contributed by atoms with Gasteiger partial charge in [-0.05, 0) is 53.9 Å². The highest BCUT2D eigenvalue weighted by Gasteiger charge is 2.08. The van der Waals surface area contributed by atoms with Crippen LogP contribution in [-0.4, -0.2) is 24.5 Å². The summed E-state index contributed by atoms with van der Waals surface area (Å²) in [6.45, 7) is 1.16. The average molecular weight is 396 g/mol. The summed E-state index contributed by atoms with van der Waals surface area (Å²) in [6, 6.07) is 18.9. The van der Waals surface area contributed by atoms with E-state index in [1.807, 2.05) is 36.4 Å². The Balaban J connectivity index is 1.52. The minimum absolute atomic E-state index is 0.216. The first-order chi connectivity index (χ1) is 13.6. The SMILES string of the molecule is COc1cccc(CCNc2ccnc(C(=O)NCc3ccc(Cl)cc3)c2)c1. The van der Waals surface area contributed by atoms with E-state index in [4.69, 9.17) is 16.3 Å². The molecular weight excluding hydrogens is 374 g/mol. The zero-order chi connectivity index (χ0) is 19.8. The maximum absolute atomic E-state index is 12.4.